The minimum absolute atomic E-state index is 0.254. The Labute approximate surface area is 91.4 Å². The van der Waals surface area contributed by atoms with Crippen LogP contribution in [-0.2, 0) is 5.41 Å². The minimum atomic E-state index is 0.254. The van der Waals surface area contributed by atoms with Crippen LogP contribution in [-0.4, -0.2) is 18.1 Å². The molecule has 0 bridgehead atoms. The maximum absolute atomic E-state index is 4.23. The summed E-state index contributed by atoms with van der Waals surface area (Å²) in [6.07, 6.45) is 10.7. The van der Waals surface area contributed by atoms with Gasteiger partial charge in [-0.25, -0.2) is 0 Å². The Bertz CT molecular complexity index is 322. The summed E-state index contributed by atoms with van der Waals surface area (Å²) in [6.45, 7) is 4.23. The van der Waals surface area contributed by atoms with Crippen LogP contribution in [0.25, 0.3) is 0 Å². The monoisotopic (exact) mass is 202 g/mol. The molecule has 1 aliphatic carbocycles. The highest BCUT2D eigenvalue weighted by atomic mass is 14.9. The van der Waals surface area contributed by atoms with Crippen molar-refractivity contribution in [3.63, 3.8) is 0 Å². The molecule has 80 valence electrons. The van der Waals surface area contributed by atoms with Gasteiger partial charge in [-0.1, -0.05) is 25.1 Å². The zero-order valence-corrected chi connectivity index (χ0v) is 9.24. The Morgan fingerprint density at radius 2 is 2.20 bits per heavy atom. The average molecular weight is 202 g/mol. The molecule has 0 radical (unpaired) electrons. The maximum atomic E-state index is 4.23. The molecule has 0 unspecified atom stereocenters. The molecule has 0 saturated carbocycles. The Kier molecular flexibility index (Phi) is 3.17. The smallest absolute Gasteiger partial charge is 0.0306 e. The van der Waals surface area contributed by atoms with Crippen molar-refractivity contribution >= 4 is 0 Å². The van der Waals surface area contributed by atoms with Crippen molar-refractivity contribution in [2.45, 2.75) is 25.2 Å². The summed E-state index contributed by atoms with van der Waals surface area (Å²) in [5, 5.41) is 3.46. The third kappa shape index (κ3) is 2.10. The van der Waals surface area contributed by atoms with E-state index < -0.39 is 0 Å². The first-order valence-electron chi connectivity index (χ1n) is 5.64. The highest BCUT2D eigenvalue weighted by Crippen LogP contribution is 2.35. The molecule has 0 fully saturated rings. The fraction of sp³-hybridized carbons (Fsp3) is 0.462. The molecule has 1 N–H and O–H groups in total. The zero-order chi connectivity index (χ0) is 10.6. The molecule has 0 aliphatic heterocycles. The number of nitrogens with one attached hydrogen (secondary N) is 1. The normalized spacial score (nSPS) is 18.2. The molecular formula is C13H18N2. The van der Waals surface area contributed by atoms with Gasteiger partial charge in [0.05, 0.1) is 0 Å². The number of hydrogen-bond donors (Lipinski definition) is 1. The van der Waals surface area contributed by atoms with Crippen LogP contribution in [0.5, 0.6) is 0 Å². The van der Waals surface area contributed by atoms with Crippen LogP contribution in [0.1, 0.15) is 25.3 Å². The number of aromatic nitrogens is 1. The number of likely N-dealkylation sites (N-methyl/N-ethyl adjacent to an activating group) is 1. The quantitative estimate of drug-likeness (QED) is 0.758. The Hall–Kier alpha value is -1.15. The van der Waals surface area contributed by atoms with Crippen molar-refractivity contribution in [2.75, 3.05) is 13.1 Å². The molecule has 2 heteroatoms. The summed E-state index contributed by atoms with van der Waals surface area (Å²) in [6, 6.07) is 4.22. The van der Waals surface area contributed by atoms with Gasteiger partial charge in [0.15, 0.2) is 0 Å². The minimum Gasteiger partial charge on any atom is -0.316 e. The van der Waals surface area contributed by atoms with Gasteiger partial charge in [-0.05, 0) is 31.0 Å². The molecule has 2 nitrogen and oxygen atoms in total. The van der Waals surface area contributed by atoms with Crippen LogP contribution in [0.3, 0.4) is 0 Å². The van der Waals surface area contributed by atoms with Crippen molar-refractivity contribution in [1.82, 2.24) is 10.3 Å². The molecule has 0 atom stereocenters. The van der Waals surface area contributed by atoms with E-state index in [1.807, 2.05) is 18.5 Å². The second-order valence-corrected chi connectivity index (χ2v) is 4.18. The lowest BCUT2D eigenvalue weighted by molar-refractivity contribution is 0.423. The van der Waals surface area contributed by atoms with E-state index in [0.717, 1.165) is 25.9 Å². The third-order valence-corrected chi connectivity index (χ3v) is 3.17. The van der Waals surface area contributed by atoms with E-state index in [1.54, 1.807) is 0 Å². The van der Waals surface area contributed by atoms with Crippen LogP contribution in [0, 0.1) is 0 Å². The SMILES string of the molecule is CCNCC1(c2cccnc2)CC=CC1. The van der Waals surface area contributed by atoms with Crippen molar-refractivity contribution in [2.24, 2.45) is 0 Å². The summed E-state index contributed by atoms with van der Waals surface area (Å²) in [4.78, 5) is 4.23. The third-order valence-electron chi connectivity index (χ3n) is 3.17. The van der Waals surface area contributed by atoms with Gasteiger partial charge in [-0.3, -0.25) is 4.98 Å². The summed E-state index contributed by atoms with van der Waals surface area (Å²) in [5.74, 6) is 0. The lowest BCUT2D eigenvalue weighted by Gasteiger charge is -2.29. The van der Waals surface area contributed by atoms with Crippen molar-refractivity contribution < 1.29 is 0 Å². The lowest BCUT2D eigenvalue weighted by Crippen LogP contribution is -2.36. The van der Waals surface area contributed by atoms with Crippen LogP contribution < -0.4 is 5.32 Å². The first kappa shape index (κ1) is 10.4. The van der Waals surface area contributed by atoms with E-state index in [2.05, 4.69) is 35.4 Å². The number of nitrogens with zero attached hydrogens (tertiary/aromatic N) is 1. The number of pyridine rings is 1. The number of rotatable bonds is 4. The van der Waals surface area contributed by atoms with Crippen LogP contribution in [0.4, 0.5) is 0 Å². The standard InChI is InChI=1S/C13H18N2/c1-2-14-11-13(7-3-4-8-13)12-6-5-9-15-10-12/h3-6,9-10,14H,2,7-8,11H2,1H3. The summed E-state index contributed by atoms with van der Waals surface area (Å²) in [5.41, 5.74) is 1.61. The van der Waals surface area contributed by atoms with Crippen LogP contribution in [0.2, 0.25) is 0 Å². The van der Waals surface area contributed by atoms with Gasteiger partial charge >= 0.3 is 0 Å². The van der Waals surface area contributed by atoms with Gasteiger partial charge in [0, 0.05) is 24.4 Å². The van der Waals surface area contributed by atoms with Gasteiger partial charge in [-0.2, -0.15) is 0 Å². The van der Waals surface area contributed by atoms with E-state index in [9.17, 15) is 0 Å². The molecule has 0 spiro atoms. The van der Waals surface area contributed by atoms with E-state index in [1.165, 1.54) is 5.56 Å². The first-order chi connectivity index (χ1) is 7.37. The zero-order valence-electron chi connectivity index (χ0n) is 9.24. The Balaban J connectivity index is 2.19. The summed E-state index contributed by atoms with van der Waals surface area (Å²) >= 11 is 0. The molecule has 0 saturated heterocycles. The fourth-order valence-electron chi connectivity index (χ4n) is 2.22. The van der Waals surface area contributed by atoms with Gasteiger partial charge in [0.1, 0.15) is 0 Å². The maximum Gasteiger partial charge on any atom is 0.0306 e. The Morgan fingerprint density at radius 1 is 1.40 bits per heavy atom. The van der Waals surface area contributed by atoms with E-state index in [4.69, 9.17) is 0 Å². The van der Waals surface area contributed by atoms with E-state index >= 15 is 0 Å². The van der Waals surface area contributed by atoms with Crippen LogP contribution in [0.15, 0.2) is 36.7 Å². The predicted molar refractivity (Wildman–Crippen MR) is 62.8 cm³/mol. The van der Waals surface area contributed by atoms with Gasteiger partial charge in [0.2, 0.25) is 0 Å². The van der Waals surface area contributed by atoms with E-state index in [-0.39, 0.29) is 5.41 Å². The molecular weight excluding hydrogens is 184 g/mol. The van der Waals surface area contributed by atoms with Crippen LogP contribution >= 0.6 is 0 Å². The second-order valence-electron chi connectivity index (χ2n) is 4.18. The molecule has 0 aromatic carbocycles. The van der Waals surface area contributed by atoms with Gasteiger partial charge in [-0.15, -0.1) is 0 Å². The summed E-state index contributed by atoms with van der Waals surface area (Å²) < 4.78 is 0. The van der Waals surface area contributed by atoms with Crippen molar-refractivity contribution in [3.05, 3.63) is 42.2 Å². The predicted octanol–water partition coefficient (Wildman–Crippen LogP) is 2.28. The Morgan fingerprint density at radius 3 is 2.80 bits per heavy atom. The van der Waals surface area contributed by atoms with Crippen molar-refractivity contribution in [3.8, 4) is 0 Å². The van der Waals surface area contributed by atoms with Gasteiger partial charge in [0.25, 0.3) is 0 Å². The van der Waals surface area contributed by atoms with Crippen molar-refractivity contribution in [1.29, 1.82) is 0 Å². The van der Waals surface area contributed by atoms with E-state index in [0.29, 0.717) is 0 Å². The number of hydrogen-bond acceptors (Lipinski definition) is 2. The largest absolute Gasteiger partial charge is 0.316 e. The molecule has 1 heterocycles. The molecule has 15 heavy (non-hydrogen) atoms. The highest BCUT2D eigenvalue weighted by molar-refractivity contribution is 5.28. The molecule has 1 aromatic heterocycles. The topological polar surface area (TPSA) is 24.9 Å². The molecule has 1 aromatic rings. The lowest BCUT2D eigenvalue weighted by atomic mass is 9.79. The summed E-state index contributed by atoms with van der Waals surface area (Å²) in [7, 11) is 0. The molecule has 0 amide bonds. The fourth-order valence-corrected chi connectivity index (χ4v) is 2.22. The molecule has 1 aliphatic rings. The first-order valence-corrected chi connectivity index (χ1v) is 5.64. The van der Waals surface area contributed by atoms with Gasteiger partial charge < -0.3 is 5.32 Å². The highest BCUT2D eigenvalue weighted by Gasteiger charge is 2.32. The number of allylic oxidation sites excluding steroid dienone is 2. The second kappa shape index (κ2) is 4.58. The molecule has 2 rings (SSSR count). The average Bonchev–Trinajstić information content (AvgIpc) is 2.78.